The first-order valence-electron chi connectivity index (χ1n) is 9.89. The van der Waals surface area contributed by atoms with Crippen LogP contribution in [0.1, 0.15) is 59.8 Å². The lowest BCUT2D eigenvalue weighted by molar-refractivity contribution is -0.117. The fraction of sp³-hybridized carbons (Fsp3) is 0.727. The van der Waals surface area contributed by atoms with Gasteiger partial charge in [0.25, 0.3) is 0 Å². The van der Waals surface area contributed by atoms with Crippen molar-refractivity contribution >= 4 is 12.1 Å². The Morgan fingerprint density at radius 3 is 2.70 bits per heavy atom. The molecule has 4 atom stereocenters. The van der Waals surface area contributed by atoms with E-state index in [0.29, 0.717) is 25.4 Å². The van der Waals surface area contributed by atoms with Gasteiger partial charge >= 0.3 is 0 Å². The van der Waals surface area contributed by atoms with E-state index < -0.39 is 0 Å². The summed E-state index contributed by atoms with van der Waals surface area (Å²) in [5.41, 5.74) is 3.57. The normalized spacial score (nSPS) is 31.1. The van der Waals surface area contributed by atoms with Gasteiger partial charge < -0.3 is 23.8 Å². The van der Waals surface area contributed by atoms with Gasteiger partial charge in [-0.15, -0.1) is 0 Å². The highest BCUT2D eigenvalue weighted by Crippen LogP contribution is 2.52. The number of Topliss-reactive ketones (excluding diaryl/α,β-unsaturated/α-hetero) is 1. The molecule has 0 fully saturated rings. The van der Waals surface area contributed by atoms with Crippen LogP contribution in [0.5, 0.6) is 0 Å². The van der Waals surface area contributed by atoms with Crippen molar-refractivity contribution in [2.75, 3.05) is 20.5 Å². The molecule has 0 amide bonds. The van der Waals surface area contributed by atoms with Gasteiger partial charge in [0.15, 0.2) is 0 Å². The van der Waals surface area contributed by atoms with E-state index in [2.05, 4.69) is 19.9 Å². The molecule has 152 valence electrons. The molecule has 1 heterocycles. The third kappa shape index (κ3) is 5.15. The summed E-state index contributed by atoms with van der Waals surface area (Å²) < 4.78 is 17.3. The zero-order valence-corrected chi connectivity index (χ0v) is 17.4. The lowest BCUT2D eigenvalue weighted by Gasteiger charge is -2.44. The summed E-state index contributed by atoms with van der Waals surface area (Å²) in [6.07, 6.45) is 6.48. The summed E-state index contributed by atoms with van der Waals surface area (Å²) in [5, 5.41) is 0. The van der Waals surface area contributed by atoms with Gasteiger partial charge in [-0.05, 0) is 55.6 Å². The van der Waals surface area contributed by atoms with Crippen LogP contribution < -0.4 is 0 Å². The predicted molar refractivity (Wildman–Crippen MR) is 104 cm³/mol. The molecule has 2 rings (SSSR count). The minimum absolute atomic E-state index is 0.0389. The topological polar surface area (TPSA) is 61.8 Å². The third-order valence-corrected chi connectivity index (χ3v) is 6.23. The van der Waals surface area contributed by atoms with Crippen LogP contribution in [0.3, 0.4) is 0 Å². The van der Waals surface area contributed by atoms with Crippen LogP contribution in [-0.4, -0.2) is 44.8 Å². The minimum Gasteiger partial charge on any atom is -0.365 e. The number of aldehydes is 1. The van der Waals surface area contributed by atoms with Crippen molar-refractivity contribution in [1.82, 2.24) is 0 Å². The number of ether oxygens (including phenoxy) is 3. The van der Waals surface area contributed by atoms with Crippen LogP contribution in [0.15, 0.2) is 22.8 Å². The van der Waals surface area contributed by atoms with Crippen LogP contribution in [0.25, 0.3) is 0 Å². The molecule has 5 heteroatoms. The van der Waals surface area contributed by atoms with Crippen LogP contribution >= 0.6 is 0 Å². The maximum Gasteiger partial charge on any atom is 0.147 e. The van der Waals surface area contributed by atoms with Gasteiger partial charge in [0.1, 0.15) is 25.0 Å². The van der Waals surface area contributed by atoms with Gasteiger partial charge in [-0.3, -0.25) is 0 Å². The Bertz CT molecular complexity index is 606. The molecular formula is C22H34O5. The Morgan fingerprint density at radius 2 is 2.07 bits per heavy atom. The number of hydrogen-bond acceptors (Lipinski definition) is 5. The first kappa shape index (κ1) is 22.0. The van der Waals surface area contributed by atoms with Crippen molar-refractivity contribution in [3.8, 4) is 0 Å². The zero-order valence-electron chi connectivity index (χ0n) is 17.4. The fourth-order valence-electron chi connectivity index (χ4n) is 4.30. The van der Waals surface area contributed by atoms with Gasteiger partial charge in [0.05, 0.1) is 12.7 Å². The number of rotatable bonds is 10. The van der Waals surface area contributed by atoms with E-state index in [1.807, 2.05) is 6.92 Å². The Kier molecular flexibility index (Phi) is 7.95. The molecule has 0 unspecified atom stereocenters. The third-order valence-electron chi connectivity index (χ3n) is 6.23. The van der Waals surface area contributed by atoms with Gasteiger partial charge in [-0.1, -0.05) is 25.5 Å². The largest absolute Gasteiger partial charge is 0.365 e. The average molecular weight is 379 g/mol. The standard InChI is InChI=1S/C22H34O5/c1-15(7-6-10-23)11-19-21-18(13-26-19)22(4,9-8-17(3)24)16(2)12-20(21)27-14-25-5/h10-11,16,19-20H,6-9,12-14H2,1-5H3/b15-11+/t16-,19-,20+,22+/m1/s1. The summed E-state index contributed by atoms with van der Waals surface area (Å²) in [7, 11) is 1.63. The second kappa shape index (κ2) is 9.76. The van der Waals surface area contributed by atoms with E-state index in [1.54, 1.807) is 14.0 Å². The number of carbonyl (C=O) groups is 2. The molecule has 0 N–H and O–H groups in total. The highest BCUT2D eigenvalue weighted by molar-refractivity contribution is 5.75. The van der Waals surface area contributed by atoms with Crippen molar-refractivity contribution in [3.05, 3.63) is 22.8 Å². The van der Waals surface area contributed by atoms with E-state index >= 15 is 0 Å². The van der Waals surface area contributed by atoms with Crippen molar-refractivity contribution in [2.45, 2.75) is 72.0 Å². The Morgan fingerprint density at radius 1 is 1.33 bits per heavy atom. The van der Waals surface area contributed by atoms with Crippen molar-refractivity contribution < 1.29 is 23.8 Å². The van der Waals surface area contributed by atoms with Crippen LogP contribution in [0.2, 0.25) is 0 Å². The van der Waals surface area contributed by atoms with E-state index in [-0.39, 0.29) is 30.2 Å². The van der Waals surface area contributed by atoms with Gasteiger partial charge in [-0.2, -0.15) is 0 Å². The average Bonchev–Trinajstić information content (AvgIpc) is 3.05. The number of allylic oxidation sites excluding steroid dienone is 1. The van der Waals surface area contributed by atoms with Crippen molar-refractivity contribution in [3.63, 3.8) is 0 Å². The molecule has 0 spiro atoms. The Balaban J connectivity index is 2.36. The molecule has 0 radical (unpaired) electrons. The first-order valence-corrected chi connectivity index (χ1v) is 9.89. The second-order valence-corrected chi connectivity index (χ2v) is 8.20. The van der Waals surface area contributed by atoms with E-state index in [4.69, 9.17) is 14.2 Å². The van der Waals surface area contributed by atoms with Gasteiger partial charge in [0.2, 0.25) is 0 Å². The zero-order chi connectivity index (χ0) is 20.0. The molecule has 0 saturated heterocycles. The quantitative estimate of drug-likeness (QED) is 0.326. The molecule has 0 saturated carbocycles. The van der Waals surface area contributed by atoms with Gasteiger partial charge in [-0.25, -0.2) is 0 Å². The van der Waals surface area contributed by atoms with Crippen LogP contribution in [0, 0.1) is 11.3 Å². The maximum absolute atomic E-state index is 11.6. The highest BCUT2D eigenvalue weighted by atomic mass is 16.7. The first-order chi connectivity index (χ1) is 12.8. The van der Waals surface area contributed by atoms with Crippen LogP contribution in [0.4, 0.5) is 0 Å². The minimum atomic E-state index is -0.127. The van der Waals surface area contributed by atoms with Crippen molar-refractivity contribution in [1.29, 1.82) is 0 Å². The smallest absolute Gasteiger partial charge is 0.147 e. The Hall–Kier alpha value is -1.30. The molecule has 0 aromatic carbocycles. The summed E-state index contributed by atoms with van der Waals surface area (Å²) >= 11 is 0. The maximum atomic E-state index is 11.6. The number of ketones is 1. The molecule has 0 aromatic heterocycles. The predicted octanol–water partition coefficient (Wildman–Crippen LogP) is 4.01. The van der Waals surface area contributed by atoms with Gasteiger partial charge in [0, 0.05) is 20.0 Å². The molecule has 27 heavy (non-hydrogen) atoms. The molecule has 5 nitrogen and oxygen atoms in total. The number of hydrogen-bond donors (Lipinski definition) is 0. The fourth-order valence-corrected chi connectivity index (χ4v) is 4.30. The molecule has 0 bridgehead atoms. The SMILES string of the molecule is COCO[C@H]1C[C@@H](C)[C@](C)(CCC(C)=O)C2=C1[C@@H](/C=C(\C)CCC=O)OC2. The molecular weight excluding hydrogens is 344 g/mol. The van der Waals surface area contributed by atoms with Crippen LogP contribution in [-0.2, 0) is 23.8 Å². The summed E-state index contributed by atoms with van der Waals surface area (Å²) in [4.78, 5) is 22.3. The number of carbonyl (C=O) groups excluding carboxylic acids is 2. The number of methoxy groups -OCH3 is 1. The lowest BCUT2D eigenvalue weighted by Crippen LogP contribution is -2.40. The molecule has 0 aromatic rings. The molecule has 1 aliphatic heterocycles. The van der Waals surface area contributed by atoms with E-state index in [0.717, 1.165) is 31.1 Å². The second-order valence-electron chi connectivity index (χ2n) is 8.20. The Labute approximate surface area is 163 Å². The summed E-state index contributed by atoms with van der Waals surface area (Å²) in [6, 6.07) is 0. The molecule has 1 aliphatic carbocycles. The lowest BCUT2D eigenvalue weighted by atomic mass is 9.62. The van der Waals surface area contributed by atoms with E-state index in [1.165, 1.54) is 11.1 Å². The summed E-state index contributed by atoms with van der Waals surface area (Å²) in [6.45, 7) is 9.02. The van der Waals surface area contributed by atoms with Crippen molar-refractivity contribution in [2.24, 2.45) is 11.3 Å². The monoisotopic (exact) mass is 378 g/mol. The molecule has 2 aliphatic rings. The van der Waals surface area contributed by atoms with E-state index in [9.17, 15) is 9.59 Å². The highest BCUT2D eigenvalue weighted by Gasteiger charge is 2.48. The summed E-state index contributed by atoms with van der Waals surface area (Å²) in [5.74, 6) is 0.614.